The van der Waals surface area contributed by atoms with Gasteiger partial charge in [0.1, 0.15) is 5.75 Å². The third kappa shape index (κ3) is 5.15. The molecule has 0 aromatic heterocycles. The topological polar surface area (TPSA) is 96.5 Å². The quantitative estimate of drug-likeness (QED) is 0.631. The largest absolute Gasteiger partial charge is 0.497 e. The minimum atomic E-state index is -3.81. The Kier molecular flexibility index (Phi) is 7.29. The molecule has 0 unspecified atom stereocenters. The molecule has 1 amide bonds. The molecule has 3 N–H and O–H groups in total. The highest BCUT2D eigenvalue weighted by Crippen LogP contribution is 2.21. The molecule has 2 aromatic rings. The molecule has 1 aliphatic heterocycles. The van der Waals surface area contributed by atoms with Crippen LogP contribution >= 0.6 is 12.4 Å². The Hall–Kier alpha value is -2.29. The summed E-state index contributed by atoms with van der Waals surface area (Å²) in [6, 6.07) is 11.1. The van der Waals surface area contributed by atoms with Gasteiger partial charge in [-0.1, -0.05) is 6.07 Å². The van der Waals surface area contributed by atoms with E-state index >= 15 is 0 Å². The first-order chi connectivity index (χ1) is 12.9. The van der Waals surface area contributed by atoms with Crippen LogP contribution < -0.4 is 20.1 Å². The van der Waals surface area contributed by atoms with Gasteiger partial charge in [0.05, 0.1) is 12.0 Å². The second-order valence-electron chi connectivity index (χ2n) is 6.55. The van der Waals surface area contributed by atoms with Crippen LogP contribution in [0.3, 0.4) is 0 Å². The van der Waals surface area contributed by atoms with Gasteiger partial charge in [0, 0.05) is 36.8 Å². The van der Waals surface area contributed by atoms with E-state index in [9.17, 15) is 13.2 Å². The number of sulfonamides is 1. The number of carbonyl (C=O) groups excluding carboxylic acids is 1. The first kappa shape index (κ1) is 22.0. The number of methoxy groups -OCH3 is 1. The second-order valence-corrected chi connectivity index (χ2v) is 8.23. The third-order valence-corrected chi connectivity index (χ3v) is 5.90. The Bertz CT molecular complexity index is 929. The summed E-state index contributed by atoms with van der Waals surface area (Å²) in [5.74, 6) is 0.799. The number of hydrogen-bond acceptors (Lipinski definition) is 5. The number of anilines is 1. The lowest BCUT2D eigenvalue weighted by molar-refractivity contribution is 0.0941. The molecule has 0 aliphatic carbocycles. The van der Waals surface area contributed by atoms with Crippen molar-refractivity contribution in [3.63, 3.8) is 0 Å². The molecule has 3 rings (SSSR count). The van der Waals surface area contributed by atoms with Gasteiger partial charge in [0.25, 0.3) is 15.9 Å². The average Bonchev–Trinajstić information content (AvgIpc) is 2.60. The van der Waals surface area contributed by atoms with E-state index in [-0.39, 0.29) is 23.2 Å². The van der Waals surface area contributed by atoms with Crippen molar-refractivity contribution < 1.29 is 17.9 Å². The van der Waals surface area contributed by atoms with Crippen LogP contribution in [-0.4, -0.2) is 41.1 Å². The van der Waals surface area contributed by atoms with Crippen LogP contribution in [0.1, 0.15) is 15.9 Å². The molecule has 1 heterocycles. The smallest absolute Gasteiger partial charge is 0.261 e. The molecular weight excluding hydrogens is 402 g/mol. The van der Waals surface area contributed by atoms with Crippen molar-refractivity contribution in [1.82, 2.24) is 10.6 Å². The Morgan fingerprint density at radius 1 is 1.18 bits per heavy atom. The van der Waals surface area contributed by atoms with Crippen molar-refractivity contribution in [2.75, 3.05) is 31.5 Å². The first-order valence-corrected chi connectivity index (χ1v) is 10.1. The molecule has 152 valence electrons. The molecule has 0 bridgehead atoms. The van der Waals surface area contributed by atoms with Crippen LogP contribution in [0.5, 0.6) is 5.75 Å². The van der Waals surface area contributed by atoms with Crippen molar-refractivity contribution in [1.29, 1.82) is 0 Å². The van der Waals surface area contributed by atoms with E-state index in [0.29, 0.717) is 29.5 Å². The minimum Gasteiger partial charge on any atom is -0.497 e. The van der Waals surface area contributed by atoms with E-state index in [0.717, 1.165) is 18.7 Å². The Morgan fingerprint density at radius 2 is 1.86 bits per heavy atom. The van der Waals surface area contributed by atoms with E-state index in [1.807, 2.05) is 0 Å². The van der Waals surface area contributed by atoms with Gasteiger partial charge in [-0.25, -0.2) is 8.42 Å². The predicted molar refractivity (Wildman–Crippen MR) is 111 cm³/mol. The fourth-order valence-electron chi connectivity index (χ4n) is 2.71. The highest BCUT2D eigenvalue weighted by atomic mass is 35.5. The molecule has 0 spiro atoms. The van der Waals surface area contributed by atoms with Crippen LogP contribution in [0.25, 0.3) is 0 Å². The summed E-state index contributed by atoms with van der Waals surface area (Å²) in [4.78, 5) is 12.5. The summed E-state index contributed by atoms with van der Waals surface area (Å²) in [5.41, 5.74) is 1.50. The molecule has 2 aromatic carbocycles. The van der Waals surface area contributed by atoms with Gasteiger partial charge in [0.15, 0.2) is 0 Å². The van der Waals surface area contributed by atoms with Crippen LogP contribution in [0, 0.1) is 12.8 Å². The number of rotatable bonds is 7. The van der Waals surface area contributed by atoms with E-state index in [1.165, 1.54) is 12.1 Å². The SMILES string of the molecule is COc1ccc(NS(=O)(=O)c2ccc(C)c(C(=O)NCC3CNC3)c2)cc1.Cl. The molecule has 28 heavy (non-hydrogen) atoms. The third-order valence-electron chi connectivity index (χ3n) is 4.52. The normalized spacial score (nSPS) is 13.8. The molecule has 0 radical (unpaired) electrons. The number of carbonyl (C=O) groups is 1. The van der Waals surface area contributed by atoms with Gasteiger partial charge >= 0.3 is 0 Å². The summed E-state index contributed by atoms with van der Waals surface area (Å²) in [6.45, 7) is 4.14. The Labute approximate surface area is 171 Å². The maximum absolute atomic E-state index is 12.7. The lowest BCUT2D eigenvalue weighted by Gasteiger charge is -2.27. The number of amides is 1. The maximum Gasteiger partial charge on any atom is 0.261 e. The van der Waals surface area contributed by atoms with Gasteiger partial charge in [-0.2, -0.15) is 0 Å². The molecular formula is C19H24ClN3O4S. The van der Waals surface area contributed by atoms with Gasteiger partial charge in [-0.05, 0) is 48.9 Å². The molecule has 9 heteroatoms. The van der Waals surface area contributed by atoms with Crippen LogP contribution in [0.15, 0.2) is 47.4 Å². The summed E-state index contributed by atoms with van der Waals surface area (Å²) >= 11 is 0. The minimum absolute atomic E-state index is 0. The Balaban J connectivity index is 0.00000280. The molecule has 0 saturated carbocycles. The molecule has 7 nitrogen and oxygen atoms in total. The van der Waals surface area contributed by atoms with Crippen LogP contribution in [0.2, 0.25) is 0 Å². The number of aryl methyl sites for hydroxylation is 1. The zero-order chi connectivity index (χ0) is 19.4. The highest BCUT2D eigenvalue weighted by molar-refractivity contribution is 7.92. The van der Waals surface area contributed by atoms with E-state index in [2.05, 4.69) is 15.4 Å². The monoisotopic (exact) mass is 425 g/mol. The van der Waals surface area contributed by atoms with Crippen molar-refractivity contribution in [3.8, 4) is 5.75 Å². The number of ether oxygens (including phenoxy) is 1. The average molecular weight is 426 g/mol. The summed E-state index contributed by atoms with van der Waals surface area (Å²) in [7, 11) is -2.27. The fourth-order valence-corrected chi connectivity index (χ4v) is 3.80. The molecule has 1 saturated heterocycles. The van der Waals surface area contributed by atoms with E-state index in [1.54, 1.807) is 44.4 Å². The van der Waals surface area contributed by atoms with Gasteiger partial charge in [-0.3, -0.25) is 9.52 Å². The second kappa shape index (κ2) is 9.27. The van der Waals surface area contributed by atoms with Gasteiger partial charge < -0.3 is 15.4 Å². The maximum atomic E-state index is 12.7. The number of hydrogen-bond donors (Lipinski definition) is 3. The number of halogens is 1. The molecule has 0 atom stereocenters. The van der Waals surface area contributed by atoms with Crippen LogP contribution in [-0.2, 0) is 10.0 Å². The highest BCUT2D eigenvalue weighted by Gasteiger charge is 2.21. The van der Waals surface area contributed by atoms with Gasteiger partial charge in [0.2, 0.25) is 0 Å². The lowest BCUT2D eigenvalue weighted by atomic mass is 10.0. The standard InChI is InChI=1S/C19H23N3O4S.ClH/c1-13-3-8-17(9-18(13)19(23)21-12-14-10-20-11-14)27(24,25)22-15-4-6-16(26-2)7-5-15;/h3-9,14,20,22H,10-12H2,1-2H3,(H,21,23);1H. The van der Waals surface area contributed by atoms with Crippen molar-refractivity contribution in [2.45, 2.75) is 11.8 Å². The van der Waals surface area contributed by atoms with Crippen molar-refractivity contribution in [3.05, 3.63) is 53.6 Å². The summed E-state index contributed by atoms with van der Waals surface area (Å²) < 4.78 is 32.9. The molecule has 1 fully saturated rings. The van der Waals surface area contributed by atoms with Crippen molar-refractivity contribution in [2.24, 2.45) is 5.92 Å². The lowest BCUT2D eigenvalue weighted by Crippen LogP contribution is -2.48. The summed E-state index contributed by atoms with van der Waals surface area (Å²) in [5, 5.41) is 6.02. The molecule has 1 aliphatic rings. The number of nitrogens with one attached hydrogen (secondary N) is 3. The Morgan fingerprint density at radius 3 is 2.43 bits per heavy atom. The van der Waals surface area contributed by atoms with E-state index in [4.69, 9.17) is 4.74 Å². The predicted octanol–water partition coefficient (Wildman–Crippen LogP) is 2.18. The van der Waals surface area contributed by atoms with Crippen LogP contribution in [0.4, 0.5) is 5.69 Å². The number of benzene rings is 2. The summed E-state index contributed by atoms with van der Waals surface area (Å²) in [6.07, 6.45) is 0. The first-order valence-electron chi connectivity index (χ1n) is 8.65. The fraction of sp³-hybridized carbons (Fsp3) is 0.316. The van der Waals surface area contributed by atoms with Crippen molar-refractivity contribution >= 4 is 34.0 Å². The zero-order valence-corrected chi connectivity index (χ0v) is 17.3. The van der Waals surface area contributed by atoms with Gasteiger partial charge in [-0.15, -0.1) is 12.4 Å². The van der Waals surface area contributed by atoms with E-state index < -0.39 is 10.0 Å². The zero-order valence-electron chi connectivity index (χ0n) is 15.7.